The number of thiazole rings is 1. The van der Waals surface area contributed by atoms with Crippen LogP contribution in [-0.2, 0) is 6.42 Å². The van der Waals surface area contributed by atoms with E-state index >= 15 is 0 Å². The van der Waals surface area contributed by atoms with Gasteiger partial charge >= 0.3 is 0 Å². The van der Waals surface area contributed by atoms with Gasteiger partial charge in [-0.25, -0.2) is 4.98 Å². The zero-order valence-corrected chi connectivity index (χ0v) is 14.5. The SMILES string of the molecule is Cc1csc(CCCCNC(=O)c2cc(-c3cccs3)[nH]n2)n1. The standard InChI is InChI=1S/C16H18N4OS2/c1-11-10-23-15(18-11)6-2-3-7-17-16(21)13-9-12(19-20-13)14-5-4-8-22-14/h4-5,8-10H,2-3,6-7H2,1H3,(H,17,21)(H,19,20). The molecule has 0 fully saturated rings. The molecule has 23 heavy (non-hydrogen) atoms. The molecule has 3 aromatic rings. The Hall–Kier alpha value is -1.99. The quantitative estimate of drug-likeness (QED) is 0.642. The lowest BCUT2D eigenvalue weighted by Gasteiger charge is -2.02. The molecule has 0 atom stereocenters. The van der Waals surface area contributed by atoms with Gasteiger partial charge in [-0.2, -0.15) is 5.10 Å². The second-order valence-electron chi connectivity index (χ2n) is 5.24. The first-order chi connectivity index (χ1) is 11.2. The predicted octanol–water partition coefficient (Wildman–Crippen LogP) is 3.66. The van der Waals surface area contributed by atoms with Gasteiger partial charge in [0.15, 0.2) is 5.69 Å². The average molecular weight is 346 g/mol. The maximum absolute atomic E-state index is 12.1. The molecular weight excluding hydrogens is 328 g/mol. The highest BCUT2D eigenvalue weighted by molar-refractivity contribution is 7.13. The second kappa shape index (κ2) is 7.52. The van der Waals surface area contributed by atoms with E-state index < -0.39 is 0 Å². The largest absolute Gasteiger partial charge is 0.351 e. The van der Waals surface area contributed by atoms with Crippen molar-refractivity contribution in [3.63, 3.8) is 0 Å². The van der Waals surface area contributed by atoms with Crippen molar-refractivity contribution in [1.29, 1.82) is 0 Å². The highest BCUT2D eigenvalue weighted by Crippen LogP contribution is 2.22. The zero-order valence-electron chi connectivity index (χ0n) is 12.8. The van der Waals surface area contributed by atoms with Crippen LogP contribution in [0.25, 0.3) is 10.6 Å². The number of carbonyl (C=O) groups is 1. The third-order valence-electron chi connectivity index (χ3n) is 3.37. The predicted molar refractivity (Wildman–Crippen MR) is 94.0 cm³/mol. The molecule has 3 aromatic heterocycles. The Bertz CT molecular complexity index is 761. The molecule has 2 N–H and O–H groups in total. The van der Waals surface area contributed by atoms with E-state index in [2.05, 4.69) is 25.9 Å². The van der Waals surface area contributed by atoms with Gasteiger partial charge in [0.05, 0.1) is 15.6 Å². The third-order valence-corrected chi connectivity index (χ3v) is 5.30. The van der Waals surface area contributed by atoms with Gasteiger partial charge in [0, 0.05) is 17.6 Å². The Kier molecular flexibility index (Phi) is 5.19. The molecule has 120 valence electrons. The minimum atomic E-state index is -0.130. The van der Waals surface area contributed by atoms with Crippen molar-refractivity contribution in [2.45, 2.75) is 26.2 Å². The fraction of sp³-hybridized carbons (Fsp3) is 0.312. The van der Waals surface area contributed by atoms with E-state index in [1.807, 2.05) is 24.4 Å². The molecule has 0 spiro atoms. The van der Waals surface area contributed by atoms with Crippen LogP contribution in [0.5, 0.6) is 0 Å². The van der Waals surface area contributed by atoms with E-state index in [-0.39, 0.29) is 5.91 Å². The van der Waals surface area contributed by atoms with Crippen LogP contribution in [-0.4, -0.2) is 27.6 Å². The summed E-state index contributed by atoms with van der Waals surface area (Å²) in [6, 6.07) is 5.77. The number of aromatic nitrogens is 3. The van der Waals surface area contributed by atoms with Crippen molar-refractivity contribution in [1.82, 2.24) is 20.5 Å². The fourth-order valence-corrected chi connectivity index (χ4v) is 3.72. The highest BCUT2D eigenvalue weighted by Gasteiger charge is 2.11. The summed E-state index contributed by atoms with van der Waals surface area (Å²) >= 11 is 3.32. The van der Waals surface area contributed by atoms with Crippen molar-refractivity contribution in [2.24, 2.45) is 0 Å². The molecule has 3 rings (SSSR count). The first-order valence-corrected chi connectivity index (χ1v) is 9.27. The summed E-state index contributed by atoms with van der Waals surface area (Å²) in [5, 5.41) is 15.1. The molecule has 0 unspecified atom stereocenters. The maximum Gasteiger partial charge on any atom is 0.271 e. The molecule has 0 aliphatic carbocycles. The number of H-pyrrole nitrogens is 1. The lowest BCUT2D eigenvalue weighted by molar-refractivity contribution is 0.0948. The molecule has 0 aliphatic heterocycles. The summed E-state index contributed by atoms with van der Waals surface area (Å²) in [6.07, 6.45) is 2.93. The van der Waals surface area contributed by atoms with E-state index in [9.17, 15) is 4.79 Å². The Balaban J connectivity index is 1.41. The van der Waals surface area contributed by atoms with E-state index in [0.717, 1.165) is 35.5 Å². The number of hydrogen-bond donors (Lipinski definition) is 2. The number of thiophene rings is 1. The van der Waals surface area contributed by atoms with Gasteiger partial charge in [-0.1, -0.05) is 6.07 Å². The van der Waals surface area contributed by atoms with Crippen LogP contribution < -0.4 is 5.32 Å². The number of carbonyl (C=O) groups excluding carboxylic acids is 1. The Labute approximate surface area is 142 Å². The topological polar surface area (TPSA) is 70.7 Å². The van der Waals surface area contributed by atoms with Crippen LogP contribution in [0.3, 0.4) is 0 Å². The van der Waals surface area contributed by atoms with Crippen LogP contribution in [0.15, 0.2) is 29.0 Å². The summed E-state index contributed by atoms with van der Waals surface area (Å²) in [4.78, 5) is 17.6. The number of nitrogens with zero attached hydrogens (tertiary/aromatic N) is 2. The number of amides is 1. The smallest absolute Gasteiger partial charge is 0.271 e. The van der Waals surface area contributed by atoms with Crippen molar-refractivity contribution in [2.75, 3.05) is 6.54 Å². The molecule has 0 saturated carbocycles. The molecule has 1 amide bonds. The second-order valence-corrected chi connectivity index (χ2v) is 7.13. The Morgan fingerprint density at radius 2 is 2.26 bits per heavy atom. The molecule has 0 aliphatic rings. The lowest BCUT2D eigenvalue weighted by atomic mass is 10.2. The first kappa shape index (κ1) is 15.9. The first-order valence-electron chi connectivity index (χ1n) is 7.51. The van der Waals surface area contributed by atoms with Gasteiger partial charge in [0.1, 0.15) is 0 Å². The number of unbranched alkanes of at least 4 members (excludes halogenated alkanes) is 1. The number of aromatic amines is 1. The number of aryl methyl sites for hydroxylation is 2. The Morgan fingerprint density at radius 3 is 3.00 bits per heavy atom. The highest BCUT2D eigenvalue weighted by atomic mass is 32.1. The maximum atomic E-state index is 12.1. The molecule has 0 aromatic carbocycles. The summed E-state index contributed by atoms with van der Waals surface area (Å²) in [6.45, 7) is 2.67. The van der Waals surface area contributed by atoms with E-state index in [4.69, 9.17) is 0 Å². The number of rotatable bonds is 7. The summed E-state index contributed by atoms with van der Waals surface area (Å²) in [7, 11) is 0. The molecule has 0 radical (unpaired) electrons. The van der Waals surface area contributed by atoms with Gasteiger partial charge in [0.25, 0.3) is 5.91 Å². The van der Waals surface area contributed by atoms with Gasteiger partial charge in [-0.15, -0.1) is 22.7 Å². The van der Waals surface area contributed by atoms with Crippen LogP contribution in [0, 0.1) is 6.92 Å². The fourth-order valence-electron chi connectivity index (χ4n) is 2.21. The van der Waals surface area contributed by atoms with Crippen molar-refractivity contribution >= 4 is 28.6 Å². The lowest BCUT2D eigenvalue weighted by Crippen LogP contribution is -2.24. The number of nitrogens with one attached hydrogen (secondary N) is 2. The molecular formula is C16H18N4OS2. The van der Waals surface area contributed by atoms with Crippen molar-refractivity contribution in [3.8, 4) is 10.6 Å². The molecule has 0 bridgehead atoms. The summed E-state index contributed by atoms with van der Waals surface area (Å²) in [5.41, 5.74) is 2.40. The van der Waals surface area contributed by atoms with Gasteiger partial charge in [0.2, 0.25) is 0 Å². The van der Waals surface area contributed by atoms with Gasteiger partial charge in [-0.3, -0.25) is 9.89 Å². The minimum Gasteiger partial charge on any atom is -0.351 e. The van der Waals surface area contributed by atoms with E-state index in [0.29, 0.717) is 12.2 Å². The van der Waals surface area contributed by atoms with Crippen LogP contribution in [0.1, 0.15) is 34.0 Å². The minimum absolute atomic E-state index is 0.130. The van der Waals surface area contributed by atoms with Gasteiger partial charge < -0.3 is 5.32 Å². The van der Waals surface area contributed by atoms with Crippen LogP contribution in [0.4, 0.5) is 0 Å². The van der Waals surface area contributed by atoms with Crippen molar-refractivity contribution < 1.29 is 4.79 Å². The number of hydrogen-bond acceptors (Lipinski definition) is 5. The zero-order chi connectivity index (χ0) is 16.1. The molecule has 7 heteroatoms. The van der Waals surface area contributed by atoms with Crippen LogP contribution >= 0.6 is 22.7 Å². The normalized spacial score (nSPS) is 10.8. The monoisotopic (exact) mass is 346 g/mol. The van der Waals surface area contributed by atoms with Gasteiger partial charge in [-0.05, 0) is 43.7 Å². The summed E-state index contributed by atoms with van der Waals surface area (Å²) < 4.78 is 0. The van der Waals surface area contributed by atoms with E-state index in [1.54, 1.807) is 28.7 Å². The van der Waals surface area contributed by atoms with E-state index in [1.165, 1.54) is 5.01 Å². The Morgan fingerprint density at radius 1 is 1.35 bits per heavy atom. The summed E-state index contributed by atoms with van der Waals surface area (Å²) in [5.74, 6) is -0.130. The molecule has 0 saturated heterocycles. The average Bonchev–Trinajstić information content (AvgIpc) is 3.27. The molecule has 3 heterocycles. The molecule has 5 nitrogen and oxygen atoms in total. The van der Waals surface area contributed by atoms with Crippen LogP contribution in [0.2, 0.25) is 0 Å². The third kappa shape index (κ3) is 4.27. The van der Waals surface area contributed by atoms with Crippen molar-refractivity contribution in [3.05, 3.63) is 45.4 Å².